The fraction of sp³-hybridized carbons (Fsp3) is 0.667. The Morgan fingerprint density at radius 1 is 1.60 bits per heavy atom. The number of piperidine rings is 1. The highest BCUT2D eigenvalue weighted by atomic mass is 32.2. The van der Waals surface area contributed by atoms with Crippen LogP contribution in [0.25, 0.3) is 0 Å². The average Bonchev–Trinajstić information content (AvgIpc) is 2.84. The van der Waals surface area contributed by atoms with Gasteiger partial charge in [0, 0.05) is 18.8 Å². The Labute approximate surface area is 118 Å². The maximum absolute atomic E-state index is 12.2. The smallest absolute Gasteiger partial charge is 0.228 e. The number of nitrogens with one attached hydrogen (secondary N) is 2. The normalized spacial score (nSPS) is 20.1. The van der Waals surface area contributed by atoms with Crippen LogP contribution in [0.2, 0.25) is 0 Å². The molecule has 0 spiro atoms. The van der Waals surface area contributed by atoms with E-state index in [1.165, 1.54) is 7.05 Å². The van der Waals surface area contributed by atoms with Crippen molar-refractivity contribution in [3.05, 3.63) is 17.5 Å². The lowest BCUT2D eigenvalue weighted by molar-refractivity contribution is -0.131. The number of hydrogen-bond acceptors (Lipinski definition) is 4. The zero-order valence-electron chi connectivity index (χ0n) is 11.7. The molecule has 7 nitrogen and oxygen atoms in total. The summed E-state index contributed by atoms with van der Waals surface area (Å²) in [5.41, 5.74) is 1.59. The van der Waals surface area contributed by atoms with E-state index in [2.05, 4.69) is 14.9 Å². The molecule has 1 aliphatic rings. The maximum atomic E-state index is 12.2. The first-order valence-electron chi connectivity index (χ1n) is 6.63. The van der Waals surface area contributed by atoms with Crippen molar-refractivity contribution in [1.29, 1.82) is 0 Å². The Kier molecular flexibility index (Phi) is 4.44. The second-order valence-electron chi connectivity index (χ2n) is 5.07. The molecule has 2 rings (SSSR count). The molecular weight excluding hydrogens is 280 g/mol. The molecular formula is C12H20N4O3S. The SMILES string of the molecule is CNS(=O)(=O)C1CCCN(C(=O)Cc2cc(C)[nH]n2)C1. The van der Waals surface area contributed by atoms with E-state index in [1.807, 2.05) is 13.0 Å². The highest BCUT2D eigenvalue weighted by Gasteiger charge is 2.31. The Hall–Kier alpha value is -1.41. The molecule has 1 aromatic heterocycles. The van der Waals surface area contributed by atoms with Gasteiger partial charge < -0.3 is 4.90 Å². The number of hydrogen-bond donors (Lipinski definition) is 2. The fourth-order valence-corrected chi connectivity index (χ4v) is 3.60. The van der Waals surface area contributed by atoms with Crippen LogP contribution in [0.4, 0.5) is 0 Å². The average molecular weight is 300 g/mol. The largest absolute Gasteiger partial charge is 0.341 e. The number of carbonyl (C=O) groups excluding carboxylic acids is 1. The van der Waals surface area contributed by atoms with Gasteiger partial charge >= 0.3 is 0 Å². The molecule has 2 N–H and O–H groups in total. The molecule has 0 saturated carbocycles. The van der Waals surface area contributed by atoms with Crippen LogP contribution in [0.5, 0.6) is 0 Å². The van der Waals surface area contributed by atoms with E-state index in [1.54, 1.807) is 4.90 Å². The lowest BCUT2D eigenvalue weighted by atomic mass is 10.1. The van der Waals surface area contributed by atoms with Crippen molar-refractivity contribution in [2.75, 3.05) is 20.1 Å². The molecule has 1 atom stereocenters. The van der Waals surface area contributed by atoms with Crippen molar-refractivity contribution >= 4 is 15.9 Å². The fourth-order valence-electron chi connectivity index (χ4n) is 2.42. The van der Waals surface area contributed by atoms with Crippen molar-refractivity contribution in [1.82, 2.24) is 19.8 Å². The summed E-state index contributed by atoms with van der Waals surface area (Å²) < 4.78 is 26.0. The summed E-state index contributed by atoms with van der Waals surface area (Å²) in [6.07, 6.45) is 1.50. The third kappa shape index (κ3) is 3.37. The second-order valence-corrected chi connectivity index (χ2v) is 7.24. The zero-order valence-corrected chi connectivity index (χ0v) is 12.5. The summed E-state index contributed by atoms with van der Waals surface area (Å²) in [7, 11) is -1.92. The van der Waals surface area contributed by atoms with Crippen LogP contribution in [-0.4, -0.2) is 54.8 Å². The first kappa shape index (κ1) is 15.0. The van der Waals surface area contributed by atoms with E-state index in [0.29, 0.717) is 25.1 Å². The maximum Gasteiger partial charge on any atom is 0.228 e. The Morgan fingerprint density at radius 3 is 2.95 bits per heavy atom. The topological polar surface area (TPSA) is 95.2 Å². The van der Waals surface area contributed by atoms with Crippen molar-refractivity contribution in [3.8, 4) is 0 Å². The molecule has 0 aliphatic carbocycles. The van der Waals surface area contributed by atoms with E-state index in [-0.39, 0.29) is 18.9 Å². The van der Waals surface area contributed by atoms with Crippen molar-refractivity contribution in [2.24, 2.45) is 0 Å². The quantitative estimate of drug-likeness (QED) is 0.805. The van der Waals surface area contributed by atoms with E-state index < -0.39 is 15.3 Å². The third-order valence-corrected chi connectivity index (χ3v) is 5.38. The number of sulfonamides is 1. The lowest BCUT2D eigenvalue weighted by Crippen LogP contribution is -2.48. The van der Waals surface area contributed by atoms with Gasteiger partial charge in [-0.15, -0.1) is 0 Å². The Bertz CT molecular complexity index is 581. The summed E-state index contributed by atoms with van der Waals surface area (Å²) in [4.78, 5) is 13.8. The van der Waals surface area contributed by atoms with E-state index in [0.717, 1.165) is 5.69 Å². The van der Waals surface area contributed by atoms with Gasteiger partial charge in [0.2, 0.25) is 15.9 Å². The molecule has 0 bridgehead atoms. The number of aromatic nitrogens is 2. The zero-order chi connectivity index (χ0) is 14.8. The monoisotopic (exact) mass is 300 g/mol. The number of H-pyrrole nitrogens is 1. The van der Waals surface area contributed by atoms with Crippen LogP contribution in [0.3, 0.4) is 0 Å². The number of aryl methyl sites for hydroxylation is 1. The lowest BCUT2D eigenvalue weighted by Gasteiger charge is -2.32. The minimum atomic E-state index is -3.32. The van der Waals surface area contributed by atoms with Crippen LogP contribution in [0.1, 0.15) is 24.2 Å². The van der Waals surface area contributed by atoms with E-state index >= 15 is 0 Å². The van der Waals surface area contributed by atoms with Gasteiger partial charge in [0.15, 0.2) is 0 Å². The van der Waals surface area contributed by atoms with Crippen LogP contribution in [0, 0.1) is 6.92 Å². The van der Waals surface area contributed by atoms with E-state index in [9.17, 15) is 13.2 Å². The molecule has 1 saturated heterocycles. The number of likely N-dealkylation sites (tertiary alicyclic amines) is 1. The molecule has 1 aromatic rings. The standard InChI is InChI=1S/C12H20N4O3S/c1-9-6-10(15-14-9)7-12(17)16-5-3-4-11(8-16)20(18,19)13-2/h6,11,13H,3-5,7-8H2,1-2H3,(H,14,15). The molecule has 1 fully saturated rings. The molecule has 1 aliphatic heterocycles. The molecule has 20 heavy (non-hydrogen) atoms. The van der Waals surface area contributed by atoms with Gasteiger partial charge in [0.25, 0.3) is 0 Å². The van der Waals surface area contributed by atoms with Gasteiger partial charge in [-0.3, -0.25) is 9.89 Å². The summed E-state index contributed by atoms with van der Waals surface area (Å²) in [5, 5.41) is 6.30. The van der Waals surface area contributed by atoms with Crippen LogP contribution in [0.15, 0.2) is 6.07 Å². The van der Waals surface area contributed by atoms with Crippen molar-refractivity contribution in [3.63, 3.8) is 0 Å². The molecule has 0 aromatic carbocycles. The van der Waals surface area contributed by atoms with Gasteiger partial charge in [-0.2, -0.15) is 5.10 Å². The van der Waals surface area contributed by atoms with Gasteiger partial charge in [-0.25, -0.2) is 13.1 Å². The van der Waals surface area contributed by atoms with Crippen LogP contribution in [-0.2, 0) is 21.2 Å². The third-order valence-electron chi connectivity index (χ3n) is 3.55. The van der Waals surface area contributed by atoms with Crippen molar-refractivity contribution < 1.29 is 13.2 Å². The second kappa shape index (κ2) is 5.92. The summed E-state index contributed by atoms with van der Waals surface area (Å²) >= 11 is 0. The van der Waals surface area contributed by atoms with Crippen LogP contribution >= 0.6 is 0 Å². The molecule has 8 heteroatoms. The van der Waals surface area contributed by atoms with Gasteiger partial charge in [-0.1, -0.05) is 0 Å². The van der Waals surface area contributed by atoms with E-state index in [4.69, 9.17) is 0 Å². The Morgan fingerprint density at radius 2 is 2.35 bits per heavy atom. The van der Waals surface area contributed by atoms with Crippen LogP contribution < -0.4 is 4.72 Å². The highest BCUT2D eigenvalue weighted by molar-refractivity contribution is 7.90. The molecule has 112 valence electrons. The summed E-state index contributed by atoms with van der Waals surface area (Å²) in [6.45, 7) is 2.74. The number of carbonyl (C=O) groups is 1. The first-order valence-corrected chi connectivity index (χ1v) is 8.18. The summed E-state index contributed by atoms with van der Waals surface area (Å²) in [6, 6.07) is 1.82. The number of amides is 1. The number of nitrogens with zero attached hydrogens (tertiary/aromatic N) is 2. The predicted molar refractivity (Wildman–Crippen MR) is 74.6 cm³/mol. The highest BCUT2D eigenvalue weighted by Crippen LogP contribution is 2.17. The Balaban J connectivity index is 2.00. The molecule has 2 heterocycles. The first-order chi connectivity index (χ1) is 9.42. The molecule has 1 unspecified atom stereocenters. The number of rotatable bonds is 4. The van der Waals surface area contributed by atoms with Gasteiger partial charge in [0.05, 0.1) is 17.4 Å². The minimum absolute atomic E-state index is 0.0764. The predicted octanol–water partition coefficient (Wildman–Crippen LogP) is -0.199. The van der Waals surface area contributed by atoms with Crippen molar-refractivity contribution in [2.45, 2.75) is 31.4 Å². The molecule has 1 amide bonds. The minimum Gasteiger partial charge on any atom is -0.341 e. The van der Waals surface area contributed by atoms with Gasteiger partial charge in [-0.05, 0) is 32.9 Å². The van der Waals surface area contributed by atoms with Gasteiger partial charge in [0.1, 0.15) is 0 Å². The number of aromatic amines is 1. The molecule has 0 radical (unpaired) electrons. The summed E-state index contributed by atoms with van der Waals surface area (Å²) in [5.74, 6) is -0.0764.